The summed E-state index contributed by atoms with van der Waals surface area (Å²) in [4.78, 5) is 14.2. The van der Waals surface area contributed by atoms with E-state index in [0.29, 0.717) is 26.2 Å². The van der Waals surface area contributed by atoms with E-state index >= 15 is 0 Å². The monoisotopic (exact) mass is 475 g/mol. The van der Waals surface area contributed by atoms with Crippen LogP contribution < -0.4 is 4.31 Å². The van der Waals surface area contributed by atoms with Crippen LogP contribution in [-0.2, 0) is 24.8 Å². The maximum atomic E-state index is 13.0. The van der Waals surface area contributed by atoms with E-state index in [2.05, 4.69) is 17.1 Å². The summed E-state index contributed by atoms with van der Waals surface area (Å²) in [5.41, 5.74) is 1.29. The largest absolute Gasteiger partial charge is 0.297 e. The van der Waals surface area contributed by atoms with Gasteiger partial charge in [0.1, 0.15) is 0 Å². The minimum atomic E-state index is -3.70. The zero-order chi connectivity index (χ0) is 22.8. The van der Waals surface area contributed by atoms with Crippen LogP contribution in [0.3, 0.4) is 0 Å². The molecule has 0 aromatic heterocycles. The molecule has 2 aromatic rings. The standard InChI is InChI=1S/C22H25N3O5S2/c26-22-12-18-31(27,28)25(22)20-8-10-21(11-9-20)32(29,30)24-16-14-23(15-17-24)13-4-7-19-5-2-1-3-6-19/h1-11H,12-18H2/b7-4-. The van der Waals surface area contributed by atoms with Gasteiger partial charge in [0.2, 0.25) is 26.0 Å². The fourth-order valence-corrected chi connectivity index (χ4v) is 6.71. The fourth-order valence-electron chi connectivity index (χ4n) is 3.83. The fraction of sp³-hybridized carbons (Fsp3) is 0.318. The van der Waals surface area contributed by atoms with Crippen LogP contribution in [0.4, 0.5) is 5.69 Å². The van der Waals surface area contributed by atoms with Crippen LogP contribution >= 0.6 is 0 Å². The van der Waals surface area contributed by atoms with Crippen LogP contribution in [0.15, 0.2) is 65.6 Å². The summed E-state index contributed by atoms with van der Waals surface area (Å²) in [5, 5.41) is 0. The lowest BCUT2D eigenvalue weighted by Gasteiger charge is -2.33. The molecule has 170 valence electrons. The van der Waals surface area contributed by atoms with Gasteiger partial charge in [0.05, 0.1) is 16.3 Å². The molecule has 2 saturated heterocycles. The second-order valence-electron chi connectivity index (χ2n) is 7.74. The topological polar surface area (TPSA) is 95.1 Å². The average Bonchev–Trinajstić information content (AvgIpc) is 3.07. The third kappa shape index (κ3) is 4.78. The molecule has 8 nitrogen and oxygen atoms in total. The zero-order valence-electron chi connectivity index (χ0n) is 17.5. The number of carbonyl (C=O) groups is 1. The number of rotatable bonds is 6. The Morgan fingerprint density at radius 1 is 0.906 bits per heavy atom. The van der Waals surface area contributed by atoms with Crippen molar-refractivity contribution in [1.29, 1.82) is 0 Å². The van der Waals surface area contributed by atoms with Crippen LogP contribution in [0, 0.1) is 0 Å². The first-order valence-electron chi connectivity index (χ1n) is 10.4. The van der Waals surface area contributed by atoms with Crippen molar-refractivity contribution in [1.82, 2.24) is 9.21 Å². The maximum absolute atomic E-state index is 13.0. The number of benzene rings is 2. The van der Waals surface area contributed by atoms with Gasteiger partial charge in [0.15, 0.2) is 0 Å². The normalized spacial score (nSPS) is 20.2. The summed E-state index contributed by atoms with van der Waals surface area (Å²) < 4.78 is 52.3. The number of anilines is 1. The molecule has 1 amide bonds. The lowest BCUT2D eigenvalue weighted by atomic mass is 10.2. The summed E-state index contributed by atoms with van der Waals surface area (Å²) >= 11 is 0. The molecule has 2 aromatic carbocycles. The van der Waals surface area contributed by atoms with E-state index in [0.717, 1.165) is 16.4 Å². The minimum Gasteiger partial charge on any atom is -0.297 e. The Labute approximate surface area is 188 Å². The van der Waals surface area contributed by atoms with Gasteiger partial charge < -0.3 is 0 Å². The Balaban J connectivity index is 1.37. The van der Waals surface area contributed by atoms with Gasteiger partial charge in [-0.05, 0) is 29.8 Å². The van der Waals surface area contributed by atoms with E-state index in [9.17, 15) is 21.6 Å². The molecule has 0 bridgehead atoms. The molecule has 2 fully saturated rings. The molecular formula is C22H25N3O5S2. The van der Waals surface area contributed by atoms with E-state index in [4.69, 9.17) is 0 Å². The zero-order valence-corrected chi connectivity index (χ0v) is 19.1. The highest BCUT2D eigenvalue weighted by molar-refractivity contribution is 7.94. The van der Waals surface area contributed by atoms with Gasteiger partial charge in [0.25, 0.3) is 0 Å². The second-order valence-corrected chi connectivity index (χ2v) is 11.6. The average molecular weight is 476 g/mol. The number of sulfonamides is 2. The van der Waals surface area contributed by atoms with Crippen molar-refractivity contribution in [3.63, 3.8) is 0 Å². The number of carbonyl (C=O) groups excluding carboxylic acids is 1. The van der Waals surface area contributed by atoms with Crippen molar-refractivity contribution in [2.45, 2.75) is 11.3 Å². The molecule has 2 aliphatic rings. The highest BCUT2D eigenvalue weighted by atomic mass is 32.2. The molecular weight excluding hydrogens is 450 g/mol. The molecule has 0 unspecified atom stereocenters. The van der Waals surface area contributed by atoms with E-state index < -0.39 is 26.0 Å². The minimum absolute atomic E-state index is 0.0623. The van der Waals surface area contributed by atoms with Gasteiger partial charge in [-0.1, -0.05) is 42.5 Å². The molecule has 0 spiro atoms. The Morgan fingerprint density at radius 2 is 1.56 bits per heavy atom. The van der Waals surface area contributed by atoms with E-state index in [-0.39, 0.29) is 22.8 Å². The molecule has 2 heterocycles. The van der Waals surface area contributed by atoms with Crippen molar-refractivity contribution in [3.8, 4) is 0 Å². The summed E-state index contributed by atoms with van der Waals surface area (Å²) in [5.74, 6) is -0.727. The molecule has 0 atom stereocenters. The number of piperazine rings is 1. The van der Waals surface area contributed by atoms with E-state index in [1.54, 1.807) is 0 Å². The number of hydrogen-bond acceptors (Lipinski definition) is 6. The molecule has 0 radical (unpaired) electrons. The van der Waals surface area contributed by atoms with Crippen molar-refractivity contribution in [2.24, 2.45) is 0 Å². The van der Waals surface area contributed by atoms with Crippen LogP contribution in [0.5, 0.6) is 0 Å². The molecule has 0 saturated carbocycles. The van der Waals surface area contributed by atoms with Crippen LogP contribution in [0.2, 0.25) is 0 Å². The Hall–Kier alpha value is -2.53. The predicted molar refractivity (Wildman–Crippen MR) is 123 cm³/mol. The van der Waals surface area contributed by atoms with Gasteiger partial charge >= 0.3 is 0 Å². The number of hydrogen-bond donors (Lipinski definition) is 0. The summed E-state index contributed by atoms with van der Waals surface area (Å²) in [6.45, 7) is 2.74. The number of amides is 1. The Morgan fingerprint density at radius 3 is 2.16 bits per heavy atom. The van der Waals surface area contributed by atoms with Gasteiger partial charge in [-0.15, -0.1) is 0 Å². The first kappa shape index (κ1) is 22.7. The van der Waals surface area contributed by atoms with E-state index in [1.165, 1.54) is 28.6 Å². The van der Waals surface area contributed by atoms with E-state index in [1.807, 2.05) is 30.3 Å². The summed E-state index contributed by atoms with van der Waals surface area (Å²) in [6, 6.07) is 15.5. The smallest absolute Gasteiger partial charge is 0.243 e. The maximum Gasteiger partial charge on any atom is 0.243 e. The second kappa shape index (κ2) is 9.14. The van der Waals surface area contributed by atoms with Crippen LogP contribution in [-0.4, -0.2) is 70.4 Å². The summed E-state index contributed by atoms with van der Waals surface area (Å²) in [6.07, 6.45) is 4.06. The molecule has 32 heavy (non-hydrogen) atoms. The van der Waals surface area contributed by atoms with Gasteiger partial charge in [-0.25, -0.2) is 21.1 Å². The number of nitrogens with zero attached hydrogens (tertiary/aromatic N) is 3. The van der Waals surface area contributed by atoms with Crippen molar-refractivity contribution < 1.29 is 21.6 Å². The van der Waals surface area contributed by atoms with Crippen molar-refractivity contribution in [3.05, 3.63) is 66.2 Å². The quantitative estimate of drug-likeness (QED) is 0.632. The van der Waals surface area contributed by atoms with Crippen LogP contribution in [0.1, 0.15) is 12.0 Å². The molecule has 4 rings (SSSR count). The van der Waals surface area contributed by atoms with Gasteiger partial charge in [-0.2, -0.15) is 4.31 Å². The highest BCUT2D eigenvalue weighted by Gasteiger charge is 2.36. The summed E-state index contributed by atoms with van der Waals surface area (Å²) in [7, 11) is -7.37. The van der Waals surface area contributed by atoms with Crippen LogP contribution in [0.25, 0.3) is 6.08 Å². The van der Waals surface area contributed by atoms with Crippen molar-refractivity contribution in [2.75, 3.05) is 42.8 Å². The predicted octanol–water partition coefficient (Wildman–Crippen LogP) is 1.77. The third-order valence-corrected chi connectivity index (χ3v) is 9.20. The molecule has 0 N–H and O–H groups in total. The van der Waals surface area contributed by atoms with Crippen molar-refractivity contribution >= 4 is 37.7 Å². The SMILES string of the molecule is O=C1CCS(=O)(=O)N1c1ccc(S(=O)(=O)N2CCN(C/C=C\c3ccccc3)CC2)cc1. The Bertz CT molecular complexity index is 1200. The third-order valence-electron chi connectivity index (χ3n) is 5.59. The lowest BCUT2D eigenvalue weighted by molar-refractivity contribution is -0.116. The first-order chi connectivity index (χ1) is 15.3. The highest BCUT2D eigenvalue weighted by Crippen LogP contribution is 2.27. The Kier molecular flexibility index (Phi) is 6.47. The lowest BCUT2D eigenvalue weighted by Crippen LogP contribution is -2.48. The van der Waals surface area contributed by atoms with Gasteiger partial charge in [0, 0.05) is 39.1 Å². The molecule has 2 aliphatic heterocycles. The van der Waals surface area contributed by atoms with Gasteiger partial charge in [-0.3, -0.25) is 9.69 Å². The molecule has 0 aliphatic carbocycles. The first-order valence-corrected chi connectivity index (χ1v) is 13.4. The molecule has 10 heteroatoms.